The molecule has 0 fully saturated rings. The number of hydrogen-bond donors (Lipinski definition) is 1. The molecule has 0 amide bonds. The molecule has 0 saturated heterocycles. The Morgan fingerprint density at radius 1 is 1.64 bits per heavy atom. The number of nitrogens with zero attached hydrogens (tertiary/aromatic N) is 4. The molecule has 1 heterocycles. The SMILES string of the molecule is N#Cc1ncn(C(CN)C(F)(F)F)n1. The highest BCUT2D eigenvalue weighted by molar-refractivity contribution is 5.05. The van der Waals surface area contributed by atoms with Crippen molar-refractivity contribution in [1.29, 1.82) is 5.26 Å². The average Bonchev–Trinajstić information content (AvgIpc) is 2.51. The summed E-state index contributed by atoms with van der Waals surface area (Å²) in [6.07, 6.45) is -3.65. The smallest absolute Gasteiger partial charge is 0.328 e. The molecule has 0 spiro atoms. The second kappa shape index (κ2) is 3.63. The summed E-state index contributed by atoms with van der Waals surface area (Å²) >= 11 is 0. The van der Waals surface area contributed by atoms with E-state index in [1.807, 2.05) is 0 Å². The van der Waals surface area contributed by atoms with E-state index in [0.717, 1.165) is 6.33 Å². The fraction of sp³-hybridized carbons (Fsp3) is 0.500. The van der Waals surface area contributed by atoms with Crippen molar-refractivity contribution in [3.05, 3.63) is 12.2 Å². The van der Waals surface area contributed by atoms with E-state index < -0.39 is 18.8 Å². The molecule has 0 aliphatic rings. The normalized spacial score (nSPS) is 13.6. The molecule has 14 heavy (non-hydrogen) atoms. The van der Waals surface area contributed by atoms with Gasteiger partial charge in [0.05, 0.1) is 0 Å². The van der Waals surface area contributed by atoms with E-state index >= 15 is 0 Å². The summed E-state index contributed by atoms with van der Waals surface area (Å²) in [5.74, 6) is -0.312. The summed E-state index contributed by atoms with van der Waals surface area (Å²) in [5, 5.41) is 11.6. The van der Waals surface area contributed by atoms with E-state index in [4.69, 9.17) is 11.0 Å². The molecular formula is C6H6F3N5. The van der Waals surface area contributed by atoms with Crippen molar-refractivity contribution in [2.45, 2.75) is 12.2 Å². The third-order valence-electron chi connectivity index (χ3n) is 1.53. The minimum absolute atomic E-state index is 0.312. The third kappa shape index (κ3) is 2.00. The third-order valence-corrected chi connectivity index (χ3v) is 1.53. The van der Waals surface area contributed by atoms with Crippen molar-refractivity contribution in [3.8, 4) is 6.07 Å². The van der Waals surface area contributed by atoms with E-state index in [1.165, 1.54) is 6.07 Å². The summed E-state index contributed by atoms with van der Waals surface area (Å²) < 4.78 is 37.3. The number of halogens is 3. The Labute approximate surface area is 76.9 Å². The zero-order valence-electron chi connectivity index (χ0n) is 6.86. The molecular weight excluding hydrogens is 199 g/mol. The zero-order valence-corrected chi connectivity index (χ0v) is 6.86. The maximum atomic E-state index is 12.3. The maximum Gasteiger partial charge on any atom is 0.412 e. The largest absolute Gasteiger partial charge is 0.412 e. The van der Waals surface area contributed by atoms with Crippen LogP contribution in [0.4, 0.5) is 13.2 Å². The standard InChI is InChI=1S/C6H6F3N5/c7-6(8,9)4(1-10)14-3-12-5(2-11)13-14/h3-4H,1,10H2. The van der Waals surface area contributed by atoms with Gasteiger partial charge in [0.1, 0.15) is 12.4 Å². The van der Waals surface area contributed by atoms with Crippen molar-refractivity contribution in [3.63, 3.8) is 0 Å². The fourth-order valence-electron chi connectivity index (χ4n) is 0.868. The van der Waals surface area contributed by atoms with E-state index in [0.29, 0.717) is 4.68 Å². The number of nitriles is 1. The van der Waals surface area contributed by atoms with Crippen molar-refractivity contribution >= 4 is 0 Å². The highest BCUT2D eigenvalue weighted by atomic mass is 19.4. The molecule has 0 radical (unpaired) electrons. The van der Waals surface area contributed by atoms with Crippen LogP contribution < -0.4 is 5.73 Å². The van der Waals surface area contributed by atoms with Gasteiger partial charge in [0.15, 0.2) is 6.04 Å². The summed E-state index contributed by atoms with van der Waals surface area (Å²) in [5.41, 5.74) is 4.95. The maximum absolute atomic E-state index is 12.3. The molecule has 8 heteroatoms. The van der Waals surface area contributed by atoms with Crippen LogP contribution in [0.15, 0.2) is 6.33 Å². The van der Waals surface area contributed by atoms with Gasteiger partial charge in [-0.15, -0.1) is 5.10 Å². The van der Waals surface area contributed by atoms with Gasteiger partial charge < -0.3 is 5.73 Å². The highest BCUT2D eigenvalue weighted by Crippen LogP contribution is 2.28. The van der Waals surface area contributed by atoms with E-state index in [9.17, 15) is 13.2 Å². The lowest BCUT2D eigenvalue weighted by atomic mass is 10.3. The molecule has 1 aromatic rings. The van der Waals surface area contributed by atoms with Crippen molar-refractivity contribution < 1.29 is 13.2 Å². The lowest BCUT2D eigenvalue weighted by molar-refractivity contribution is -0.167. The average molecular weight is 205 g/mol. The van der Waals surface area contributed by atoms with Gasteiger partial charge in [-0.25, -0.2) is 9.67 Å². The van der Waals surface area contributed by atoms with Crippen LogP contribution in [0.25, 0.3) is 0 Å². The minimum Gasteiger partial charge on any atom is -0.328 e. The predicted molar refractivity (Wildman–Crippen MR) is 38.9 cm³/mol. The van der Waals surface area contributed by atoms with Gasteiger partial charge in [-0.05, 0) is 0 Å². The Morgan fingerprint density at radius 3 is 2.64 bits per heavy atom. The molecule has 1 unspecified atom stereocenters. The van der Waals surface area contributed by atoms with Crippen LogP contribution in [0, 0.1) is 11.3 Å². The van der Waals surface area contributed by atoms with Crippen LogP contribution in [0.3, 0.4) is 0 Å². The molecule has 5 nitrogen and oxygen atoms in total. The van der Waals surface area contributed by atoms with Crippen molar-refractivity contribution in [2.24, 2.45) is 5.73 Å². The van der Waals surface area contributed by atoms with Gasteiger partial charge in [-0.2, -0.15) is 18.4 Å². The van der Waals surface area contributed by atoms with E-state index in [1.54, 1.807) is 0 Å². The quantitative estimate of drug-likeness (QED) is 0.748. The van der Waals surface area contributed by atoms with Crippen LogP contribution >= 0.6 is 0 Å². The van der Waals surface area contributed by atoms with Crippen LogP contribution in [0.5, 0.6) is 0 Å². The predicted octanol–water partition coefficient (Wildman–Crippen LogP) is 0.212. The molecule has 1 aromatic heterocycles. The molecule has 0 aliphatic carbocycles. The lowest BCUT2D eigenvalue weighted by Gasteiger charge is -2.17. The monoisotopic (exact) mass is 205 g/mol. The van der Waals surface area contributed by atoms with Crippen LogP contribution in [-0.2, 0) is 0 Å². The number of rotatable bonds is 2. The van der Waals surface area contributed by atoms with Gasteiger partial charge in [0.25, 0.3) is 5.82 Å². The molecule has 0 bridgehead atoms. The van der Waals surface area contributed by atoms with Gasteiger partial charge in [-0.3, -0.25) is 0 Å². The number of nitrogens with two attached hydrogens (primary N) is 1. The highest BCUT2D eigenvalue weighted by Gasteiger charge is 2.40. The minimum atomic E-state index is -4.49. The summed E-state index contributed by atoms with van der Waals surface area (Å²) in [6, 6.07) is -0.407. The van der Waals surface area contributed by atoms with Gasteiger partial charge in [-0.1, -0.05) is 0 Å². The first kappa shape index (κ1) is 10.5. The Kier molecular flexibility index (Phi) is 2.71. The number of alkyl halides is 3. The second-order valence-corrected chi connectivity index (χ2v) is 2.45. The Hall–Kier alpha value is -1.62. The molecule has 0 saturated carbocycles. The lowest BCUT2D eigenvalue weighted by Crippen LogP contribution is -2.33. The van der Waals surface area contributed by atoms with Crippen molar-refractivity contribution in [2.75, 3.05) is 6.54 Å². The Bertz CT molecular complexity index is 349. The topological polar surface area (TPSA) is 80.5 Å². The first-order chi connectivity index (χ1) is 6.49. The van der Waals surface area contributed by atoms with E-state index in [2.05, 4.69) is 10.1 Å². The molecule has 1 rings (SSSR count). The number of hydrogen-bond acceptors (Lipinski definition) is 4. The van der Waals surface area contributed by atoms with Crippen LogP contribution in [0.1, 0.15) is 11.9 Å². The Morgan fingerprint density at radius 2 is 2.29 bits per heavy atom. The van der Waals surface area contributed by atoms with E-state index in [-0.39, 0.29) is 5.82 Å². The summed E-state index contributed by atoms with van der Waals surface area (Å²) in [7, 11) is 0. The molecule has 1 atom stereocenters. The van der Waals surface area contributed by atoms with Crippen molar-refractivity contribution in [1.82, 2.24) is 14.8 Å². The fourth-order valence-corrected chi connectivity index (χ4v) is 0.868. The number of aromatic nitrogens is 3. The zero-order chi connectivity index (χ0) is 10.8. The molecule has 2 N–H and O–H groups in total. The molecule has 0 aromatic carbocycles. The first-order valence-electron chi connectivity index (χ1n) is 3.57. The Balaban J connectivity index is 2.97. The second-order valence-electron chi connectivity index (χ2n) is 2.45. The van der Waals surface area contributed by atoms with Gasteiger partial charge in [0, 0.05) is 6.54 Å². The van der Waals surface area contributed by atoms with Gasteiger partial charge in [0.2, 0.25) is 0 Å². The van der Waals surface area contributed by atoms with Crippen LogP contribution in [0.2, 0.25) is 0 Å². The first-order valence-corrected chi connectivity index (χ1v) is 3.57. The summed E-state index contributed by atoms with van der Waals surface area (Å²) in [6.45, 7) is -0.641. The van der Waals surface area contributed by atoms with Crippen LogP contribution in [-0.4, -0.2) is 27.5 Å². The molecule has 76 valence electrons. The van der Waals surface area contributed by atoms with Gasteiger partial charge >= 0.3 is 6.18 Å². The molecule has 0 aliphatic heterocycles. The summed E-state index contributed by atoms with van der Waals surface area (Å²) in [4.78, 5) is 3.35.